The van der Waals surface area contributed by atoms with Gasteiger partial charge in [0, 0.05) is 31.2 Å². The van der Waals surface area contributed by atoms with Gasteiger partial charge in [0.25, 0.3) is 5.91 Å². The zero-order valence-electron chi connectivity index (χ0n) is 18.2. The predicted molar refractivity (Wildman–Crippen MR) is 117 cm³/mol. The summed E-state index contributed by atoms with van der Waals surface area (Å²) in [5, 5.41) is 14.2. The minimum absolute atomic E-state index is 0.0266. The number of aliphatic hydroxyl groups is 1. The Morgan fingerprint density at radius 3 is 2.41 bits per heavy atom. The second-order valence-corrected chi connectivity index (χ2v) is 8.84. The third-order valence-electron chi connectivity index (χ3n) is 6.57. The SMILES string of the molecule is C[C@@]1(O)CCN(C(=O)C2CCOCC2)[C@@H](c2ccccc2)[C@@H]1NC(=O)c1ccc(F)cc1. The maximum Gasteiger partial charge on any atom is 0.251 e. The van der Waals surface area contributed by atoms with Crippen LogP contribution in [0, 0.1) is 11.7 Å². The van der Waals surface area contributed by atoms with Crippen molar-refractivity contribution in [2.75, 3.05) is 19.8 Å². The molecule has 2 amide bonds. The zero-order chi connectivity index (χ0) is 22.7. The van der Waals surface area contributed by atoms with E-state index in [0.29, 0.717) is 44.6 Å². The third-order valence-corrected chi connectivity index (χ3v) is 6.57. The minimum atomic E-state index is -1.23. The van der Waals surface area contributed by atoms with E-state index < -0.39 is 29.4 Å². The minimum Gasteiger partial charge on any atom is -0.388 e. The molecule has 2 heterocycles. The molecule has 6 nitrogen and oxygen atoms in total. The van der Waals surface area contributed by atoms with Crippen molar-refractivity contribution in [3.05, 3.63) is 71.5 Å². The molecule has 0 bridgehead atoms. The fourth-order valence-electron chi connectivity index (χ4n) is 4.67. The number of likely N-dealkylation sites (tertiary alicyclic amines) is 1. The molecule has 2 saturated heterocycles. The van der Waals surface area contributed by atoms with E-state index in [1.807, 2.05) is 30.3 Å². The first-order valence-corrected chi connectivity index (χ1v) is 11.1. The molecule has 2 aliphatic heterocycles. The summed E-state index contributed by atoms with van der Waals surface area (Å²) < 4.78 is 18.7. The van der Waals surface area contributed by atoms with Crippen LogP contribution in [0.2, 0.25) is 0 Å². The number of ether oxygens (including phenoxy) is 1. The van der Waals surface area contributed by atoms with Gasteiger partial charge in [0.05, 0.1) is 17.7 Å². The van der Waals surface area contributed by atoms with Crippen molar-refractivity contribution in [2.45, 2.75) is 43.9 Å². The first-order chi connectivity index (χ1) is 15.4. The monoisotopic (exact) mass is 440 g/mol. The van der Waals surface area contributed by atoms with Gasteiger partial charge >= 0.3 is 0 Å². The number of rotatable bonds is 4. The fraction of sp³-hybridized carbons (Fsp3) is 0.440. The van der Waals surface area contributed by atoms with Crippen LogP contribution in [0.5, 0.6) is 0 Å². The number of hydrogen-bond acceptors (Lipinski definition) is 4. The topological polar surface area (TPSA) is 78.9 Å². The molecule has 0 spiro atoms. The second kappa shape index (κ2) is 9.38. The Labute approximate surface area is 187 Å². The molecular weight excluding hydrogens is 411 g/mol. The summed E-state index contributed by atoms with van der Waals surface area (Å²) in [6, 6.07) is 13.5. The Bertz CT molecular complexity index is 942. The Balaban J connectivity index is 1.67. The number of carbonyl (C=O) groups excluding carboxylic acids is 2. The van der Waals surface area contributed by atoms with Crippen molar-refractivity contribution in [1.82, 2.24) is 10.2 Å². The summed E-state index contributed by atoms with van der Waals surface area (Å²) in [5.74, 6) is -0.955. The van der Waals surface area contributed by atoms with Gasteiger partial charge in [0.2, 0.25) is 5.91 Å². The number of hydrogen-bond donors (Lipinski definition) is 2. The molecule has 0 aliphatic carbocycles. The molecule has 0 aromatic heterocycles. The molecule has 4 rings (SSSR count). The van der Waals surface area contributed by atoms with Crippen molar-refractivity contribution in [1.29, 1.82) is 0 Å². The Morgan fingerprint density at radius 2 is 1.75 bits per heavy atom. The van der Waals surface area contributed by atoms with E-state index in [-0.39, 0.29) is 11.8 Å². The van der Waals surface area contributed by atoms with Gasteiger partial charge in [0.15, 0.2) is 0 Å². The summed E-state index contributed by atoms with van der Waals surface area (Å²) in [4.78, 5) is 28.3. The van der Waals surface area contributed by atoms with Gasteiger partial charge in [-0.3, -0.25) is 9.59 Å². The molecule has 0 saturated carbocycles. The smallest absolute Gasteiger partial charge is 0.251 e. The standard InChI is InChI=1S/C25H29FN2O4/c1-25(31)13-14-28(24(30)19-11-15-32-16-12-19)21(17-5-3-2-4-6-17)22(25)27-23(29)18-7-9-20(26)10-8-18/h2-10,19,21-22,31H,11-16H2,1H3,(H,27,29)/t21-,22-,25+/m0/s1. The van der Waals surface area contributed by atoms with Crippen LogP contribution in [0.4, 0.5) is 4.39 Å². The summed E-state index contributed by atoms with van der Waals surface area (Å²) >= 11 is 0. The van der Waals surface area contributed by atoms with E-state index in [2.05, 4.69) is 5.32 Å². The quantitative estimate of drug-likeness (QED) is 0.766. The van der Waals surface area contributed by atoms with E-state index in [9.17, 15) is 19.1 Å². The predicted octanol–water partition coefficient (Wildman–Crippen LogP) is 3.08. The van der Waals surface area contributed by atoms with Crippen molar-refractivity contribution < 1.29 is 23.8 Å². The molecule has 7 heteroatoms. The molecule has 32 heavy (non-hydrogen) atoms. The van der Waals surface area contributed by atoms with Crippen molar-refractivity contribution >= 4 is 11.8 Å². The van der Waals surface area contributed by atoms with E-state index in [0.717, 1.165) is 5.56 Å². The van der Waals surface area contributed by atoms with Crippen LogP contribution in [0.15, 0.2) is 54.6 Å². The summed E-state index contributed by atoms with van der Waals surface area (Å²) in [6.45, 7) is 3.20. The lowest BCUT2D eigenvalue weighted by Crippen LogP contribution is -2.64. The van der Waals surface area contributed by atoms with Crippen LogP contribution in [-0.2, 0) is 9.53 Å². The van der Waals surface area contributed by atoms with Crippen LogP contribution in [0.25, 0.3) is 0 Å². The molecule has 2 N–H and O–H groups in total. The van der Waals surface area contributed by atoms with Crippen molar-refractivity contribution in [2.24, 2.45) is 5.92 Å². The highest BCUT2D eigenvalue weighted by Gasteiger charge is 2.48. The van der Waals surface area contributed by atoms with Crippen LogP contribution >= 0.6 is 0 Å². The maximum absolute atomic E-state index is 13.5. The number of piperidine rings is 1. The molecule has 2 aromatic carbocycles. The van der Waals surface area contributed by atoms with Gasteiger partial charge in [-0.2, -0.15) is 0 Å². The summed E-state index contributed by atoms with van der Waals surface area (Å²) in [5.41, 5.74) is -0.0953. The highest BCUT2D eigenvalue weighted by molar-refractivity contribution is 5.94. The van der Waals surface area contributed by atoms with E-state index in [4.69, 9.17) is 4.74 Å². The number of nitrogens with one attached hydrogen (secondary N) is 1. The number of amides is 2. The largest absolute Gasteiger partial charge is 0.388 e. The zero-order valence-corrected chi connectivity index (χ0v) is 18.2. The Kier molecular flexibility index (Phi) is 6.58. The molecule has 3 atom stereocenters. The fourth-order valence-corrected chi connectivity index (χ4v) is 4.67. The highest BCUT2D eigenvalue weighted by atomic mass is 19.1. The lowest BCUT2D eigenvalue weighted by atomic mass is 9.78. The van der Waals surface area contributed by atoms with E-state index in [1.54, 1.807) is 11.8 Å². The second-order valence-electron chi connectivity index (χ2n) is 8.84. The average Bonchev–Trinajstić information content (AvgIpc) is 2.81. The lowest BCUT2D eigenvalue weighted by Gasteiger charge is -2.50. The Hall–Kier alpha value is -2.77. The summed E-state index contributed by atoms with van der Waals surface area (Å²) in [6.07, 6.45) is 1.67. The highest BCUT2D eigenvalue weighted by Crippen LogP contribution is 2.38. The Morgan fingerprint density at radius 1 is 1.09 bits per heavy atom. The molecule has 0 radical (unpaired) electrons. The molecular formula is C25H29FN2O4. The molecule has 2 aromatic rings. The third kappa shape index (κ3) is 4.69. The number of carbonyl (C=O) groups is 2. The number of nitrogens with zero attached hydrogens (tertiary/aromatic N) is 1. The molecule has 2 aliphatic rings. The first-order valence-electron chi connectivity index (χ1n) is 11.1. The number of benzene rings is 2. The van der Waals surface area contributed by atoms with Gasteiger partial charge in [-0.15, -0.1) is 0 Å². The normalized spacial score (nSPS) is 26.5. The van der Waals surface area contributed by atoms with E-state index >= 15 is 0 Å². The van der Waals surface area contributed by atoms with Crippen LogP contribution in [0.1, 0.15) is 48.1 Å². The van der Waals surface area contributed by atoms with E-state index in [1.165, 1.54) is 24.3 Å². The van der Waals surface area contributed by atoms with Crippen molar-refractivity contribution in [3.63, 3.8) is 0 Å². The maximum atomic E-state index is 13.5. The van der Waals surface area contributed by atoms with Gasteiger partial charge in [-0.05, 0) is 56.0 Å². The van der Waals surface area contributed by atoms with Gasteiger partial charge in [-0.25, -0.2) is 4.39 Å². The molecule has 170 valence electrons. The lowest BCUT2D eigenvalue weighted by molar-refractivity contribution is -0.149. The van der Waals surface area contributed by atoms with Crippen LogP contribution in [-0.4, -0.2) is 53.2 Å². The number of halogens is 1. The van der Waals surface area contributed by atoms with Gasteiger partial charge < -0.3 is 20.1 Å². The average molecular weight is 441 g/mol. The summed E-state index contributed by atoms with van der Waals surface area (Å²) in [7, 11) is 0. The first kappa shape index (κ1) is 22.4. The molecule has 2 fully saturated rings. The van der Waals surface area contributed by atoms with Crippen LogP contribution < -0.4 is 5.32 Å². The van der Waals surface area contributed by atoms with Gasteiger partial charge in [-0.1, -0.05) is 30.3 Å². The van der Waals surface area contributed by atoms with Gasteiger partial charge in [0.1, 0.15) is 5.82 Å². The van der Waals surface area contributed by atoms with Crippen LogP contribution in [0.3, 0.4) is 0 Å². The molecule has 0 unspecified atom stereocenters. The van der Waals surface area contributed by atoms with Crippen molar-refractivity contribution in [3.8, 4) is 0 Å².